The van der Waals surface area contributed by atoms with Gasteiger partial charge in [0.25, 0.3) is 5.91 Å². The molecule has 0 fully saturated rings. The van der Waals surface area contributed by atoms with Gasteiger partial charge >= 0.3 is 0 Å². The molecule has 6 nitrogen and oxygen atoms in total. The number of aryl methyl sites for hydroxylation is 1. The Morgan fingerprint density at radius 3 is 2.75 bits per heavy atom. The van der Waals surface area contributed by atoms with Crippen molar-refractivity contribution in [3.05, 3.63) is 64.0 Å². The van der Waals surface area contributed by atoms with Crippen molar-refractivity contribution >= 4 is 21.8 Å². The number of carbonyl (C=O) groups is 1. The highest BCUT2D eigenvalue weighted by Gasteiger charge is 2.22. The van der Waals surface area contributed by atoms with Gasteiger partial charge in [0.2, 0.25) is 11.7 Å². The zero-order chi connectivity index (χ0) is 20.3. The molecule has 1 heterocycles. The first-order valence-electron chi connectivity index (χ1n) is 8.91. The molecule has 28 heavy (non-hydrogen) atoms. The maximum Gasteiger partial charge on any atom is 0.263 e. The van der Waals surface area contributed by atoms with Crippen molar-refractivity contribution in [2.24, 2.45) is 0 Å². The van der Waals surface area contributed by atoms with E-state index in [0.717, 1.165) is 21.2 Å². The number of benzene rings is 2. The summed E-state index contributed by atoms with van der Waals surface area (Å²) in [5.41, 5.74) is 2.99. The third kappa shape index (κ3) is 4.59. The van der Waals surface area contributed by atoms with E-state index in [2.05, 4.69) is 26.1 Å². The SMILES string of the molecule is Cc1cccc(OC(C)C(=O)N(C)Cc2nc(-c3cccc(Br)c3)no2)c1C. The minimum Gasteiger partial charge on any atom is -0.481 e. The predicted molar refractivity (Wildman–Crippen MR) is 110 cm³/mol. The van der Waals surface area contributed by atoms with Crippen LogP contribution in [0.1, 0.15) is 23.9 Å². The molecule has 1 atom stereocenters. The van der Waals surface area contributed by atoms with Crippen LogP contribution in [0.4, 0.5) is 0 Å². The van der Waals surface area contributed by atoms with Crippen LogP contribution in [0.15, 0.2) is 51.5 Å². The monoisotopic (exact) mass is 443 g/mol. The number of likely N-dealkylation sites (N-methyl/N-ethyl adjacent to an activating group) is 1. The molecule has 0 bridgehead atoms. The van der Waals surface area contributed by atoms with Gasteiger partial charge in [0, 0.05) is 17.1 Å². The molecule has 0 aliphatic rings. The molecule has 146 valence electrons. The van der Waals surface area contributed by atoms with E-state index in [9.17, 15) is 4.79 Å². The molecule has 0 N–H and O–H groups in total. The topological polar surface area (TPSA) is 68.5 Å². The van der Waals surface area contributed by atoms with Crippen LogP contribution in [-0.4, -0.2) is 34.1 Å². The molecule has 7 heteroatoms. The van der Waals surface area contributed by atoms with E-state index in [4.69, 9.17) is 9.26 Å². The highest BCUT2D eigenvalue weighted by Crippen LogP contribution is 2.23. The van der Waals surface area contributed by atoms with Crippen LogP contribution < -0.4 is 4.74 Å². The quantitative estimate of drug-likeness (QED) is 0.559. The second kappa shape index (κ2) is 8.56. The second-order valence-electron chi connectivity index (χ2n) is 6.67. The zero-order valence-electron chi connectivity index (χ0n) is 16.3. The lowest BCUT2D eigenvalue weighted by Crippen LogP contribution is -2.37. The molecule has 1 unspecified atom stereocenters. The molecule has 0 saturated carbocycles. The number of amides is 1. The summed E-state index contributed by atoms with van der Waals surface area (Å²) in [7, 11) is 1.69. The Hall–Kier alpha value is -2.67. The zero-order valence-corrected chi connectivity index (χ0v) is 17.9. The molecule has 0 spiro atoms. The fraction of sp³-hybridized carbons (Fsp3) is 0.286. The Bertz CT molecular complexity index is 987. The maximum absolute atomic E-state index is 12.7. The lowest BCUT2D eigenvalue weighted by atomic mass is 10.1. The summed E-state index contributed by atoms with van der Waals surface area (Å²) in [6.45, 7) is 5.94. The predicted octanol–water partition coefficient (Wildman–Crippen LogP) is 4.54. The van der Waals surface area contributed by atoms with Crippen LogP contribution in [0.3, 0.4) is 0 Å². The number of hydrogen-bond donors (Lipinski definition) is 0. The summed E-state index contributed by atoms with van der Waals surface area (Å²) < 4.78 is 12.1. The summed E-state index contributed by atoms with van der Waals surface area (Å²) in [6.07, 6.45) is -0.627. The molecular formula is C21H22BrN3O3. The molecule has 1 amide bonds. The van der Waals surface area contributed by atoms with Crippen LogP contribution in [0.5, 0.6) is 5.75 Å². The molecular weight excluding hydrogens is 422 g/mol. The largest absolute Gasteiger partial charge is 0.481 e. The van der Waals surface area contributed by atoms with Crippen LogP contribution in [0.2, 0.25) is 0 Å². The van der Waals surface area contributed by atoms with E-state index < -0.39 is 6.10 Å². The van der Waals surface area contributed by atoms with Gasteiger partial charge in [-0.2, -0.15) is 4.98 Å². The van der Waals surface area contributed by atoms with Crippen molar-refractivity contribution in [1.29, 1.82) is 0 Å². The Balaban J connectivity index is 1.65. The molecule has 1 aromatic heterocycles. The number of rotatable bonds is 6. The van der Waals surface area contributed by atoms with Crippen molar-refractivity contribution in [3.8, 4) is 17.1 Å². The lowest BCUT2D eigenvalue weighted by molar-refractivity contribution is -0.137. The van der Waals surface area contributed by atoms with Crippen LogP contribution in [0.25, 0.3) is 11.4 Å². The second-order valence-corrected chi connectivity index (χ2v) is 7.59. The van der Waals surface area contributed by atoms with Crippen molar-refractivity contribution in [2.75, 3.05) is 7.05 Å². The number of carbonyl (C=O) groups excluding carboxylic acids is 1. The third-order valence-corrected chi connectivity index (χ3v) is 5.00. The lowest BCUT2D eigenvalue weighted by Gasteiger charge is -2.21. The fourth-order valence-electron chi connectivity index (χ4n) is 2.75. The summed E-state index contributed by atoms with van der Waals surface area (Å²) in [5, 5.41) is 4.00. The van der Waals surface area contributed by atoms with Gasteiger partial charge < -0.3 is 14.2 Å². The fourth-order valence-corrected chi connectivity index (χ4v) is 3.15. The average Bonchev–Trinajstić information content (AvgIpc) is 3.13. The highest BCUT2D eigenvalue weighted by molar-refractivity contribution is 9.10. The van der Waals surface area contributed by atoms with Gasteiger partial charge in [-0.05, 0) is 50.1 Å². The standard InChI is InChI=1S/C21H22BrN3O3/c1-13-7-5-10-18(14(13)2)27-15(3)21(26)25(4)12-19-23-20(24-28-19)16-8-6-9-17(22)11-16/h5-11,15H,12H2,1-4H3. The molecule has 0 saturated heterocycles. The number of aromatic nitrogens is 2. The van der Waals surface area contributed by atoms with E-state index >= 15 is 0 Å². The Kier molecular flexibility index (Phi) is 6.14. The van der Waals surface area contributed by atoms with Crippen molar-refractivity contribution in [1.82, 2.24) is 15.0 Å². The van der Waals surface area contributed by atoms with Gasteiger partial charge in [-0.1, -0.05) is 45.4 Å². The summed E-state index contributed by atoms with van der Waals surface area (Å²) >= 11 is 3.43. The Morgan fingerprint density at radius 2 is 2.00 bits per heavy atom. The molecule has 0 aliphatic carbocycles. The van der Waals surface area contributed by atoms with Crippen LogP contribution in [-0.2, 0) is 11.3 Å². The van der Waals surface area contributed by atoms with E-state index in [-0.39, 0.29) is 12.5 Å². The van der Waals surface area contributed by atoms with Gasteiger partial charge in [0.1, 0.15) is 5.75 Å². The van der Waals surface area contributed by atoms with E-state index in [1.165, 1.54) is 4.90 Å². The van der Waals surface area contributed by atoms with Crippen molar-refractivity contribution in [2.45, 2.75) is 33.4 Å². The first-order chi connectivity index (χ1) is 13.3. The Labute approximate surface area is 172 Å². The van der Waals surface area contributed by atoms with E-state index in [1.54, 1.807) is 14.0 Å². The van der Waals surface area contributed by atoms with Gasteiger partial charge in [0.15, 0.2) is 6.10 Å². The summed E-state index contributed by atoms with van der Waals surface area (Å²) in [6, 6.07) is 13.4. The summed E-state index contributed by atoms with van der Waals surface area (Å²) in [5.74, 6) is 1.40. The highest BCUT2D eigenvalue weighted by atomic mass is 79.9. The number of ether oxygens (including phenoxy) is 1. The smallest absolute Gasteiger partial charge is 0.263 e. The molecule has 2 aromatic carbocycles. The van der Waals surface area contributed by atoms with Crippen molar-refractivity contribution < 1.29 is 14.1 Å². The molecule has 0 aliphatic heterocycles. The van der Waals surface area contributed by atoms with Crippen molar-refractivity contribution in [3.63, 3.8) is 0 Å². The first kappa shape index (κ1) is 20.1. The minimum atomic E-state index is -0.627. The number of hydrogen-bond acceptors (Lipinski definition) is 5. The van der Waals surface area contributed by atoms with Gasteiger partial charge in [-0.15, -0.1) is 0 Å². The van der Waals surface area contributed by atoms with E-state index in [1.807, 2.05) is 56.3 Å². The first-order valence-corrected chi connectivity index (χ1v) is 9.71. The molecule has 3 aromatic rings. The Morgan fingerprint density at radius 1 is 1.25 bits per heavy atom. The summed E-state index contributed by atoms with van der Waals surface area (Å²) in [4.78, 5) is 18.6. The normalized spacial score (nSPS) is 11.9. The van der Waals surface area contributed by atoms with Gasteiger partial charge in [-0.25, -0.2) is 0 Å². The van der Waals surface area contributed by atoms with Crippen LogP contribution >= 0.6 is 15.9 Å². The van der Waals surface area contributed by atoms with Gasteiger partial charge in [0.05, 0.1) is 6.54 Å². The third-order valence-electron chi connectivity index (χ3n) is 4.51. The average molecular weight is 444 g/mol. The maximum atomic E-state index is 12.7. The van der Waals surface area contributed by atoms with E-state index in [0.29, 0.717) is 17.5 Å². The number of halogens is 1. The van der Waals surface area contributed by atoms with Crippen LogP contribution in [0, 0.1) is 13.8 Å². The molecule has 0 radical (unpaired) electrons. The molecule has 3 rings (SSSR count). The number of nitrogens with zero attached hydrogens (tertiary/aromatic N) is 3. The minimum absolute atomic E-state index is 0.164. The van der Waals surface area contributed by atoms with Gasteiger partial charge in [-0.3, -0.25) is 4.79 Å².